The van der Waals surface area contributed by atoms with Crippen molar-refractivity contribution < 1.29 is 17.5 Å². The van der Waals surface area contributed by atoms with E-state index in [1.165, 1.54) is 12.3 Å². The second-order valence-corrected chi connectivity index (χ2v) is 9.25. The molecule has 5 nitrogen and oxygen atoms in total. The van der Waals surface area contributed by atoms with Gasteiger partial charge < -0.3 is 9.72 Å². The molecule has 2 aromatic heterocycles. The van der Waals surface area contributed by atoms with E-state index >= 15 is 0 Å². The maximum Gasteiger partial charge on any atom is 0.180 e. The molecule has 0 saturated heterocycles. The second kappa shape index (κ2) is 8.88. The molecule has 0 amide bonds. The summed E-state index contributed by atoms with van der Waals surface area (Å²) in [6, 6.07) is 10.1. The largest absolute Gasteiger partial charge is 0.381 e. The molecule has 7 heteroatoms. The Morgan fingerprint density at radius 3 is 2.62 bits per heavy atom. The van der Waals surface area contributed by atoms with Crippen LogP contribution in [0.25, 0.3) is 16.6 Å². The molecule has 29 heavy (non-hydrogen) atoms. The van der Waals surface area contributed by atoms with Crippen LogP contribution in [-0.4, -0.2) is 37.4 Å². The molecule has 0 aliphatic rings. The molecule has 0 fully saturated rings. The minimum Gasteiger partial charge on any atom is -0.381 e. The number of allylic oxidation sites excluding steroid dienone is 1. The molecule has 0 aliphatic heterocycles. The first-order valence-corrected chi connectivity index (χ1v) is 11.2. The highest BCUT2D eigenvalue weighted by Gasteiger charge is 2.16. The van der Waals surface area contributed by atoms with Gasteiger partial charge in [-0.1, -0.05) is 32.1 Å². The molecule has 0 bridgehead atoms. The van der Waals surface area contributed by atoms with Gasteiger partial charge in [-0.15, -0.1) is 0 Å². The van der Waals surface area contributed by atoms with Gasteiger partial charge in [0.15, 0.2) is 9.84 Å². The summed E-state index contributed by atoms with van der Waals surface area (Å²) < 4.78 is 43.5. The molecule has 1 aromatic carbocycles. The normalized spacial score (nSPS) is 12.8. The summed E-state index contributed by atoms with van der Waals surface area (Å²) in [7, 11) is -3.39. The van der Waals surface area contributed by atoms with E-state index in [0.29, 0.717) is 17.6 Å². The molecule has 2 heterocycles. The number of hydrogen-bond donors (Lipinski definition) is 1. The Morgan fingerprint density at radius 1 is 1.24 bits per heavy atom. The third-order valence-corrected chi connectivity index (χ3v) is 6.15. The Labute approximate surface area is 170 Å². The van der Waals surface area contributed by atoms with Crippen LogP contribution in [0.15, 0.2) is 53.6 Å². The van der Waals surface area contributed by atoms with Crippen molar-refractivity contribution in [3.63, 3.8) is 0 Å². The van der Waals surface area contributed by atoms with E-state index in [2.05, 4.69) is 29.9 Å². The average molecular weight is 417 g/mol. The second-order valence-electron chi connectivity index (χ2n) is 7.14. The van der Waals surface area contributed by atoms with Crippen LogP contribution in [-0.2, 0) is 14.6 Å². The van der Waals surface area contributed by atoms with Crippen molar-refractivity contribution in [2.45, 2.75) is 25.7 Å². The van der Waals surface area contributed by atoms with Gasteiger partial charge in [-0.25, -0.2) is 17.8 Å². The standard InChI is InChI=1S/C22H25FN2O3S/c1-4-28-9-10-29(26,27)19-7-5-16(6-8-19)20(11-15(2)3)21-13-17-12-18(23)14-24-22(17)25-21/h5-8,11-15H,4,9-10H2,1-3H3,(H,24,25). The minimum atomic E-state index is -3.39. The van der Waals surface area contributed by atoms with Gasteiger partial charge in [-0.2, -0.15) is 0 Å². The Hall–Kier alpha value is -2.51. The predicted molar refractivity (Wildman–Crippen MR) is 113 cm³/mol. The number of aromatic amines is 1. The predicted octanol–water partition coefficient (Wildman–Crippen LogP) is 4.60. The molecular weight excluding hydrogens is 391 g/mol. The Balaban J connectivity index is 1.95. The van der Waals surface area contributed by atoms with Gasteiger partial charge >= 0.3 is 0 Å². The van der Waals surface area contributed by atoms with E-state index in [0.717, 1.165) is 16.8 Å². The van der Waals surface area contributed by atoms with Crippen LogP contribution in [0, 0.1) is 11.7 Å². The highest BCUT2D eigenvalue weighted by molar-refractivity contribution is 7.91. The number of rotatable bonds is 8. The van der Waals surface area contributed by atoms with Crippen LogP contribution >= 0.6 is 0 Å². The SMILES string of the molecule is CCOCCS(=O)(=O)c1ccc(C(=CC(C)C)c2cc3cc(F)cnc3[nH]2)cc1. The van der Waals surface area contributed by atoms with Crippen molar-refractivity contribution in [2.75, 3.05) is 19.0 Å². The van der Waals surface area contributed by atoms with Crippen molar-refractivity contribution in [3.05, 3.63) is 65.7 Å². The van der Waals surface area contributed by atoms with Crippen LogP contribution in [0.2, 0.25) is 0 Å². The van der Waals surface area contributed by atoms with Crippen molar-refractivity contribution in [1.29, 1.82) is 0 Å². The molecule has 154 valence electrons. The van der Waals surface area contributed by atoms with Crippen molar-refractivity contribution in [3.8, 4) is 0 Å². The average Bonchev–Trinajstić information content (AvgIpc) is 3.09. The number of fused-ring (bicyclic) bond motifs is 1. The molecule has 0 unspecified atom stereocenters. The highest BCUT2D eigenvalue weighted by atomic mass is 32.2. The van der Waals surface area contributed by atoms with E-state index in [1.54, 1.807) is 24.3 Å². The summed E-state index contributed by atoms with van der Waals surface area (Å²) in [6.45, 7) is 6.62. The molecule has 3 aromatic rings. The number of aromatic nitrogens is 2. The van der Waals surface area contributed by atoms with Gasteiger partial charge in [0.2, 0.25) is 0 Å². The molecular formula is C22H25FN2O3S. The fourth-order valence-electron chi connectivity index (χ4n) is 3.08. The summed E-state index contributed by atoms with van der Waals surface area (Å²) in [5.41, 5.74) is 3.19. The lowest BCUT2D eigenvalue weighted by molar-refractivity contribution is 0.163. The van der Waals surface area contributed by atoms with E-state index in [1.807, 2.05) is 13.0 Å². The van der Waals surface area contributed by atoms with Crippen molar-refractivity contribution in [1.82, 2.24) is 9.97 Å². The number of benzene rings is 1. The molecule has 0 aliphatic carbocycles. The van der Waals surface area contributed by atoms with Crippen LogP contribution in [0.1, 0.15) is 32.0 Å². The fourth-order valence-corrected chi connectivity index (χ4v) is 4.20. The number of halogens is 1. The zero-order valence-electron chi connectivity index (χ0n) is 16.8. The van der Waals surface area contributed by atoms with E-state index in [-0.39, 0.29) is 29.0 Å². The third kappa shape index (κ3) is 5.10. The maximum absolute atomic E-state index is 13.5. The van der Waals surface area contributed by atoms with Gasteiger partial charge in [0, 0.05) is 23.3 Å². The van der Waals surface area contributed by atoms with Gasteiger partial charge in [-0.3, -0.25) is 0 Å². The first-order chi connectivity index (χ1) is 13.8. The van der Waals surface area contributed by atoms with E-state index < -0.39 is 9.84 Å². The zero-order chi connectivity index (χ0) is 21.0. The van der Waals surface area contributed by atoms with E-state index in [4.69, 9.17) is 4.74 Å². The first-order valence-electron chi connectivity index (χ1n) is 9.57. The quantitative estimate of drug-likeness (QED) is 0.545. The van der Waals surface area contributed by atoms with Gasteiger partial charge in [-0.05, 0) is 42.7 Å². The molecule has 0 atom stereocenters. The number of hydrogen-bond acceptors (Lipinski definition) is 4. The van der Waals surface area contributed by atoms with Crippen LogP contribution in [0.5, 0.6) is 0 Å². The van der Waals surface area contributed by atoms with E-state index in [9.17, 15) is 12.8 Å². The van der Waals surface area contributed by atoms with Crippen LogP contribution in [0.3, 0.4) is 0 Å². The minimum absolute atomic E-state index is 0.0475. The lowest BCUT2D eigenvalue weighted by Crippen LogP contribution is -2.12. The van der Waals surface area contributed by atoms with Crippen molar-refractivity contribution in [2.24, 2.45) is 5.92 Å². The summed E-state index contributed by atoms with van der Waals surface area (Å²) >= 11 is 0. The molecule has 0 spiro atoms. The molecule has 0 radical (unpaired) electrons. The first kappa shape index (κ1) is 21.2. The van der Waals surface area contributed by atoms with Crippen molar-refractivity contribution >= 4 is 26.4 Å². The summed E-state index contributed by atoms with van der Waals surface area (Å²) in [5, 5.41) is 0.685. The number of nitrogens with zero attached hydrogens (tertiary/aromatic N) is 1. The lowest BCUT2D eigenvalue weighted by atomic mass is 9.99. The summed E-state index contributed by atoms with van der Waals surface area (Å²) in [6.07, 6.45) is 3.26. The number of nitrogens with one attached hydrogen (secondary N) is 1. The Morgan fingerprint density at radius 2 is 1.97 bits per heavy atom. The molecule has 3 rings (SSSR count). The van der Waals surface area contributed by atoms with Gasteiger partial charge in [0.1, 0.15) is 11.5 Å². The van der Waals surface area contributed by atoms with Gasteiger partial charge in [0.25, 0.3) is 0 Å². The number of sulfone groups is 1. The van der Waals surface area contributed by atoms with Gasteiger partial charge in [0.05, 0.1) is 23.5 Å². The monoisotopic (exact) mass is 416 g/mol. The third-order valence-electron chi connectivity index (χ3n) is 4.45. The molecule has 1 N–H and O–H groups in total. The number of pyridine rings is 1. The summed E-state index contributed by atoms with van der Waals surface area (Å²) in [5.74, 6) is -0.177. The fraction of sp³-hybridized carbons (Fsp3) is 0.318. The Kier molecular flexibility index (Phi) is 6.49. The Bertz CT molecular complexity index is 1120. The topological polar surface area (TPSA) is 72.1 Å². The van der Waals surface area contributed by atoms with Crippen LogP contribution in [0.4, 0.5) is 4.39 Å². The highest BCUT2D eigenvalue weighted by Crippen LogP contribution is 2.28. The summed E-state index contributed by atoms with van der Waals surface area (Å²) in [4.78, 5) is 7.58. The smallest absolute Gasteiger partial charge is 0.180 e. The number of H-pyrrole nitrogens is 1. The molecule has 0 saturated carbocycles. The zero-order valence-corrected chi connectivity index (χ0v) is 17.6. The number of ether oxygens (including phenoxy) is 1. The van der Waals surface area contributed by atoms with Crippen LogP contribution < -0.4 is 0 Å². The lowest BCUT2D eigenvalue weighted by Gasteiger charge is -2.10. The maximum atomic E-state index is 13.5.